The Hall–Kier alpha value is -3.67. The Bertz CT molecular complexity index is 1190. The minimum absolute atomic E-state index is 0.133. The lowest BCUT2D eigenvalue weighted by molar-refractivity contribution is -0.274. The molecule has 0 aliphatic carbocycles. The quantitative estimate of drug-likeness (QED) is 0.502. The van der Waals surface area contributed by atoms with E-state index in [9.17, 15) is 22.8 Å². The predicted octanol–water partition coefficient (Wildman–Crippen LogP) is 3.91. The lowest BCUT2D eigenvalue weighted by Crippen LogP contribution is -2.37. The number of halogens is 3. The second-order valence-electron chi connectivity index (χ2n) is 7.17. The molecular weight excluding hydrogens is 459 g/mol. The fraction of sp³-hybridized carbons (Fsp3) is 0.238. The highest BCUT2D eigenvalue weighted by molar-refractivity contribution is 7.71. The molecule has 0 radical (unpaired) electrons. The van der Waals surface area contributed by atoms with Crippen LogP contribution in [0.4, 0.5) is 18.9 Å². The van der Waals surface area contributed by atoms with E-state index in [1.807, 2.05) is 31.2 Å². The molecule has 1 aromatic heterocycles. The van der Waals surface area contributed by atoms with Crippen molar-refractivity contribution < 1.29 is 27.5 Å². The zero-order valence-corrected chi connectivity index (χ0v) is 18.5. The molecule has 0 atom stereocenters. The second-order valence-corrected chi connectivity index (χ2v) is 7.56. The number of aromatic amines is 1. The van der Waals surface area contributed by atoms with Gasteiger partial charge in [-0.15, -0.1) is 13.2 Å². The second kappa shape index (κ2) is 9.86. The van der Waals surface area contributed by atoms with Crippen LogP contribution in [0.3, 0.4) is 0 Å². The third kappa shape index (κ3) is 6.65. The SMILES string of the molecule is Cc1ccc(-c2n[nH]c(=S)n2CC(=O)N(C)CC(=O)Nc2ccc(OC(F)(F)F)cc2)cc1. The average Bonchev–Trinajstić information content (AvgIpc) is 3.09. The van der Waals surface area contributed by atoms with Crippen molar-refractivity contribution in [3.05, 3.63) is 58.9 Å². The molecule has 1 heterocycles. The van der Waals surface area contributed by atoms with Crippen LogP contribution < -0.4 is 10.1 Å². The molecule has 8 nitrogen and oxygen atoms in total. The fourth-order valence-corrected chi connectivity index (χ4v) is 3.08. The third-order valence-electron chi connectivity index (χ3n) is 4.54. The number of alkyl halides is 3. The normalized spacial score (nSPS) is 11.2. The summed E-state index contributed by atoms with van der Waals surface area (Å²) < 4.78 is 42.3. The van der Waals surface area contributed by atoms with Crippen LogP contribution in [0.1, 0.15) is 5.56 Å². The van der Waals surface area contributed by atoms with E-state index in [0.717, 1.165) is 23.3 Å². The van der Waals surface area contributed by atoms with Crippen LogP contribution in [0, 0.1) is 11.7 Å². The number of nitrogens with zero attached hydrogens (tertiary/aromatic N) is 3. The molecule has 174 valence electrons. The summed E-state index contributed by atoms with van der Waals surface area (Å²) >= 11 is 5.24. The van der Waals surface area contributed by atoms with Crippen LogP contribution in [0.15, 0.2) is 48.5 Å². The van der Waals surface area contributed by atoms with E-state index in [4.69, 9.17) is 12.2 Å². The number of likely N-dealkylation sites (N-methyl/N-ethyl adjacent to an activating group) is 1. The Balaban J connectivity index is 1.60. The average molecular weight is 479 g/mol. The van der Waals surface area contributed by atoms with Gasteiger partial charge in [-0.05, 0) is 43.4 Å². The van der Waals surface area contributed by atoms with Crippen LogP contribution in [0.5, 0.6) is 5.75 Å². The number of nitrogens with one attached hydrogen (secondary N) is 2. The van der Waals surface area contributed by atoms with E-state index in [2.05, 4.69) is 20.3 Å². The van der Waals surface area contributed by atoms with E-state index >= 15 is 0 Å². The maximum Gasteiger partial charge on any atom is 0.573 e. The van der Waals surface area contributed by atoms with Crippen molar-refractivity contribution in [3.63, 3.8) is 0 Å². The van der Waals surface area contributed by atoms with Gasteiger partial charge in [0, 0.05) is 18.3 Å². The highest BCUT2D eigenvalue weighted by Gasteiger charge is 2.31. The first-order valence-electron chi connectivity index (χ1n) is 9.64. The molecule has 0 unspecified atom stereocenters. The summed E-state index contributed by atoms with van der Waals surface area (Å²) in [6, 6.07) is 12.2. The van der Waals surface area contributed by atoms with Crippen molar-refractivity contribution in [1.82, 2.24) is 19.7 Å². The molecule has 0 spiro atoms. The van der Waals surface area contributed by atoms with Gasteiger partial charge in [-0.2, -0.15) is 5.10 Å². The van der Waals surface area contributed by atoms with Crippen LogP contribution in [0.2, 0.25) is 0 Å². The zero-order valence-electron chi connectivity index (χ0n) is 17.6. The van der Waals surface area contributed by atoms with Crippen molar-refractivity contribution >= 4 is 29.7 Å². The Morgan fingerprint density at radius 3 is 2.39 bits per heavy atom. The van der Waals surface area contributed by atoms with E-state index in [0.29, 0.717) is 5.82 Å². The number of aromatic nitrogens is 3. The van der Waals surface area contributed by atoms with Gasteiger partial charge >= 0.3 is 6.36 Å². The number of H-pyrrole nitrogens is 1. The Kier molecular flexibility index (Phi) is 7.16. The van der Waals surface area contributed by atoms with Gasteiger partial charge in [-0.3, -0.25) is 19.3 Å². The highest BCUT2D eigenvalue weighted by atomic mass is 32.1. The van der Waals surface area contributed by atoms with E-state index in [-0.39, 0.29) is 29.5 Å². The van der Waals surface area contributed by atoms with Gasteiger partial charge in [-0.25, -0.2) is 0 Å². The summed E-state index contributed by atoms with van der Waals surface area (Å²) in [6.07, 6.45) is -4.80. The monoisotopic (exact) mass is 479 g/mol. The molecule has 3 rings (SSSR count). The molecule has 0 bridgehead atoms. The van der Waals surface area contributed by atoms with Gasteiger partial charge in [0.2, 0.25) is 11.8 Å². The highest BCUT2D eigenvalue weighted by Crippen LogP contribution is 2.24. The summed E-state index contributed by atoms with van der Waals surface area (Å²) in [6.45, 7) is 1.55. The van der Waals surface area contributed by atoms with Crippen molar-refractivity contribution in [1.29, 1.82) is 0 Å². The predicted molar refractivity (Wildman–Crippen MR) is 117 cm³/mol. The van der Waals surface area contributed by atoms with Crippen molar-refractivity contribution in [2.45, 2.75) is 19.8 Å². The van der Waals surface area contributed by atoms with Gasteiger partial charge in [-0.1, -0.05) is 29.8 Å². The van der Waals surface area contributed by atoms with Gasteiger partial charge in [0.15, 0.2) is 10.6 Å². The fourth-order valence-electron chi connectivity index (χ4n) is 2.89. The Morgan fingerprint density at radius 1 is 1.15 bits per heavy atom. The van der Waals surface area contributed by atoms with Gasteiger partial charge in [0.05, 0.1) is 6.54 Å². The van der Waals surface area contributed by atoms with Crippen LogP contribution in [-0.2, 0) is 16.1 Å². The molecule has 2 amide bonds. The molecule has 3 aromatic rings. The third-order valence-corrected chi connectivity index (χ3v) is 4.85. The van der Waals surface area contributed by atoms with Gasteiger partial charge in [0.1, 0.15) is 12.3 Å². The summed E-state index contributed by atoms with van der Waals surface area (Å²) in [4.78, 5) is 26.2. The molecular formula is C21H20F3N5O3S. The van der Waals surface area contributed by atoms with E-state index in [1.54, 1.807) is 0 Å². The minimum Gasteiger partial charge on any atom is -0.406 e. The number of carbonyl (C=O) groups is 2. The number of amides is 2. The van der Waals surface area contributed by atoms with Crippen LogP contribution in [0.25, 0.3) is 11.4 Å². The first-order chi connectivity index (χ1) is 15.5. The van der Waals surface area contributed by atoms with Gasteiger partial charge in [0.25, 0.3) is 0 Å². The summed E-state index contributed by atoms with van der Waals surface area (Å²) in [5, 5.41) is 9.38. The van der Waals surface area contributed by atoms with Gasteiger partial charge < -0.3 is 15.0 Å². The zero-order chi connectivity index (χ0) is 24.2. The maximum atomic E-state index is 12.7. The maximum absolute atomic E-state index is 12.7. The van der Waals surface area contributed by atoms with Crippen molar-refractivity contribution in [3.8, 4) is 17.1 Å². The van der Waals surface area contributed by atoms with Crippen molar-refractivity contribution in [2.24, 2.45) is 0 Å². The summed E-state index contributed by atoms with van der Waals surface area (Å²) in [7, 11) is 1.46. The first-order valence-corrected chi connectivity index (χ1v) is 10.0. The molecule has 0 aliphatic rings. The lowest BCUT2D eigenvalue weighted by Gasteiger charge is -2.18. The van der Waals surface area contributed by atoms with Crippen LogP contribution >= 0.6 is 12.2 Å². The molecule has 2 N–H and O–H groups in total. The molecule has 0 saturated heterocycles. The molecule has 12 heteroatoms. The molecule has 2 aromatic carbocycles. The number of aryl methyl sites for hydroxylation is 1. The number of carbonyl (C=O) groups excluding carboxylic acids is 2. The minimum atomic E-state index is -4.80. The molecule has 0 fully saturated rings. The summed E-state index contributed by atoms with van der Waals surface area (Å²) in [5.74, 6) is -0.823. The standard InChI is InChI=1S/C21H20F3N5O3S/c1-13-3-5-14(6-4-13)19-26-27-20(33)29(19)12-18(31)28(2)11-17(30)25-15-7-9-16(10-8-15)32-21(22,23)24/h3-10H,11-12H2,1-2H3,(H,25,30)(H,27,33). The number of ether oxygens (including phenoxy) is 1. The number of hydrogen-bond donors (Lipinski definition) is 2. The largest absolute Gasteiger partial charge is 0.573 e. The van der Waals surface area contributed by atoms with E-state index in [1.165, 1.54) is 28.6 Å². The topological polar surface area (TPSA) is 92.3 Å². The number of hydrogen-bond acceptors (Lipinski definition) is 5. The lowest BCUT2D eigenvalue weighted by atomic mass is 10.1. The molecule has 0 aliphatic heterocycles. The smallest absolute Gasteiger partial charge is 0.406 e. The van der Waals surface area contributed by atoms with Crippen LogP contribution in [-0.4, -0.2) is 51.4 Å². The number of anilines is 1. The van der Waals surface area contributed by atoms with Crippen molar-refractivity contribution in [2.75, 3.05) is 18.9 Å². The molecule has 33 heavy (non-hydrogen) atoms. The number of rotatable bonds is 7. The summed E-state index contributed by atoms with van der Waals surface area (Å²) in [5.41, 5.74) is 2.11. The number of benzene rings is 2. The Labute approximate surface area is 192 Å². The van der Waals surface area contributed by atoms with E-state index < -0.39 is 18.0 Å². The molecule has 0 saturated carbocycles. The Morgan fingerprint density at radius 2 is 1.79 bits per heavy atom. The first kappa shape index (κ1) is 24.0.